The van der Waals surface area contributed by atoms with Crippen molar-refractivity contribution in [3.63, 3.8) is 0 Å². The number of hydrogen-bond donors (Lipinski definition) is 0. The molecule has 0 amide bonds. The maximum Gasteiger partial charge on any atom is 0.153 e. The van der Waals surface area contributed by atoms with Crippen LogP contribution in [0.2, 0.25) is 0 Å². The molecule has 0 bridgehead atoms. The summed E-state index contributed by atoms with van der Waals surface area (Å²) in [5, 5.41) is 5.55. The number of carbonyl (C=O) groups is 3. The first kappa shape index (κ1) is 16.4. The number of ketones is 3. The fraction of sp³-hybridized carbons (Fsp3) is 0.647. The molecule has 0 radical (unpaired) electrons. The van der Waals surface area contributed by atoms with Gasteiger partial charge in [0.25, 0.3) is 0 Å². The van der Waals surface area contributed by atoms with Crippen LogP contribution in [0.25, 0.3) is 0 Å². The van der Waals surface area contributed by atoms with Crippen molar-refractivity contribution in [2.24, 2.45) is 11.8 Å². The van der Waals surface area contributed by atoms with Gasteiger partial charge < -0.3 is 0 Å². The van der Waals surface area contributed by atoms with Crippen molar-refractivity contribution < 1.29 is 14.4 Å². The Morgan fingerprint density at radius 3 is 2.35 bits per heavy atom. The van der Waals surface area contributed by atoms with Crippen molar-refractivity contribution in [3.8, 4) is 0 Å². The minimum atomic E-state index is -0.988. The molecule has 1 aromatic rings. The van der Waals surface area contributed by atoms with E-state index >= 15 is 0 Å². The van der Waals surface area contributed by atoms with Gasteiger partial charge in [-0.15, -0.1) is 11.8 Å². The quantitative estimate of drug-likeness (QED) is 0.611. The van der Waals surface area contributed by atoms with E-state index in [0.29, 0.717) is 0 Å². The second kappa shape index (κ2) is 6.23. The van der Waals surface area contributed by atoms with Gasteiger partial charge in [0.1, 0.15) is 5.92 Å². The SMILES string of the molecule is CCn1nc(C)c(C2CC(=O)C(C(=O)C3CC3)C(=O)C2)c1SC. The lowest BCUT2D eigenvalue weighted by molar-refractivity contribution is -0.143. The van der Waals surface area contributed by atoms with E-state index in [4.69, 9.17) is 0 Å². The molecule has 0 aliphatic heterocycles. The summed E-state index contributed by atoms with van der Waals surface area (Å²) in [4.78, 5) is 37.2. The molecule has 3 rings (SSSR count). The van der Waals surface area contributed by atoms with Crippen molar-refractivity contribution >= 4 is 29.1 Å². The van der Waals surface area contributed by atoms with Crippen LogP contribution >= 0.6 is 11.8 Å². The highest BCUT2D eigenvalue weighted by atomic mass is 32.2. The third kappa shape index (κ3) is 2.89. The molecule has 0 spiro atoms. The van der Waals surface area contributed by atoms with E-state index < -0.39 is 5.92 Å². The van der Waals surface area contributed by atoms with Crippen molar-refractivity contribution in [1.82, 2.24) is 9.78 Å². The molecule has 2 aliphatic carbocycles. The summed E-state index contributed by atoms with van der Waals surface area (Å²) in [7, 11) is 0. The molecule has 2 saturated carbocycles. The van der Waals surface area contributed by atoms with Gasteiger partial charge in [-0.05, 0) is 32.9 Å². The molecule has 0 unspecified atom stereocenters. The van der Waals surface area contributed by atoms with Crippen molar-refractivity contribution in [2.75, 3.05) is 6.26 Å². The largest absolute Gasteiger partial charge is 0.298 e. The molecule has 5 nitrogen and oxygen atoms in total. The van der Waals surface area contributed by atoms with Crippen LogP contribution in [0, 0.1) is 18.8 Å². The number of thioether (sulfide) groups is 1. The average molecular weight is 334 g/mol. The first-order valence-corrected chi connectivity index (χ1v) is 9.40. The maximum absolute atomic E-state index is 12.5. The monoisotopic (exact) mass is 334 g/mol. The van der Waals surface area contributed by atoms with Crippen LogP contribution in [0.4, 0.5) is 0 Å². The molecule has 2 aliphatic rings. The molecule has 124 valence electrons. The van der Waals surface area contributed by atoms with E-state index in [-0.39, 0.29) is 42.0 Å². The smallest absolute Gasteiger partial charge is 0.153 e. The number of Topliss-reactive ketones (excluding diaryl/α,β-unsaturated/α-hetero) is 3. The van der Waals surface area contributed by atoms with Gasteiger partial charge in [0.15, 0.2) is 17.3 Å². The molecule has 2 fully saturated rings. The van der Waals surface area contributed by atoms with Crippen molar-refractivity contribution in [1.29, 1.82) is 0 Å². The molecule has 1 heterocycles. The van der Waals surface area contributed by atoms with Crippen LogP contribution in [0.15, 0.2) is 5.03 Å². The maximum atomic E-state index is 12.5. The van der Waals surface area contributed by atoms with Gasteiger partial charge in [-0.25, -0.2) is 0 Å². The van der Waals surface area contributed by atoms with Gasteiger partial charge in [0, 0.05) is 36.8 Å². The fourth-order valence-corrected chi connectivity index (χ4v) is 4.49. The Kier molecular flexibility index (Phi) is 4.45. The lowest BCUT2D eigenvalue weighted by atomic mass is 9.74. The Morgan fingerprint density at radius 2 is 1.87 bits per heavy atom. The van der Waals surface area contributed by atoms with Crippen LogP contribution in [0.3, 0.4) is 0 Å². The second-order valence-electron chi connectivity index (χ2n) is 6.47. The Balaban J connectivity index is 1.87. The lowest BCUT2D eigenvalue weighted by Gasteiger charge is -2.26. The normalized spacial score (nSPS) is 25.0. The van der Waals surface area contributed by atoms with Crippen LogP contribution in [-0.4, -0.2) is 33.4 Å². The summed E-state index contributed by atoms with van der Waals surface area (Å²) in [6.45, 7) is 4.71. The number of hydrogen-bond acceptors (Lipinski definition) is 5. The Labute approximate surface area is 140 Å². The predicted octanol–water partition coefficient (Wildman–Crippen LogP) is 2.54. The summed E-state index contributed by atoms with van der Waals surface area (Å²) in [5.41, 5.74) is 1.90. The highest BCUT2D eigenvalue weighted by Gasteiger charge is 2.46. The lowest BCUT2D eigenvalue weighted by Crippen LogP contribution is -2.39. The third-order valence-corrected chi connectivity index (χ3v) is 5.65. The van der Waals surface area contributed by atoms with Crippen LogP contribution < -0.4 is 0 Å². The molecular formula is C17H22N2O3S. The Morgan fingerprint density at radius 1 is 1.26 bits per heavy atom. The topological polar surface area (TPSA) is 69.0 Å². The van der Waals surface area contributed by atoms with E-state index in [1.165, 1.54) is 0 Å². The molecule has 6 heteroatoms. The molecule has 1 aromatic heterocycles. The van der Waals surface area contributed by atoms with Crippen LogP contribution in [-0.2, 0) is 20.9 Å². The zero-order valence-corrected chi connectivity index (χ0v) is 14.6. The number of aromatic nitrogens is 2. The van der Waals surface area contributed by atoms with Crippen molar-refractivity contribution in [2.45, 2.75) is 57.0 Å². The first-order chi connectivity index (χ1) is 11.0. The van der Waals surface area contributed by atoms with E-state index in [1.54, 1.807) is 11.8 Å². The predicted molar refractivity (Wildman–Crippen MR) is 87.6 cm³/mol. The Bertz CT molecular complexity index is 658. The van der Waals surface area contributed by atoms with Crippen LogP contribution in [0.5, 0.6) is 0 Å². The van der Waals surface area contributed by atoms with Gasteiger partial charge in [0.05, 0.1) is 10.7 Å². The number of aryl methyl sites for hydroxylation is 2. The zero-order chi connectivity index (χ0) is 16.7. The summed E-state index contributed by atoms with van der Waals surface area (Å²) >= 11 is 1.60. The van der Waals surface area contributed by atoms with Gasteiger partial charge in [-0.3, -0.25) is 19.1 Å². The fourth-order valence-electron chi connectivity index (χ4n) is 3.57. The summed E-state index contributed by atoms with van der Waals surface area (Å²) in [6, 6.07) is 0. The van der Waals surface area contributed by atoms with E-state index in [2.05, 4.69) is 5.10 Å². The van der Waals surface area contributed by atoms with E-state index in [9.17, 15) is 14.4 Å². The highest BCUT2D eigenvalue weighted by Crippen LogP contribution is 2.41. The molecule has 0 saturated heterocycles. The molecule has 0 aromatic carbocycles. The number of carbonyl (C=O) groups excluding carboxylic acids is 3. The Hall–Kier alpha value is -1.43. The van der Waals surface area contributed by atoms with Gasteiger partial charge in [0.2, 0.25) is 0 Å². The third-order valence-electron chi connectivity index (χ3n) is 4.83. The van der Waals surface area contributed by atoms with E-state index in [1.807, 2.05) is 24.8 Å². The average Bonchev–Trinajstić information content (AvgIpc) is 3.29. The summed E-state index contributed by atoms with van der Waals surface area (Å²) < 4.78 is 1.92. The first-order valence-electron chi connectivity index (χ1n) is 8.18. The molecular weight excluding hydrogens is 312 g/mol. The molecule has 0 N–H and O–H groups in total. The van der Waals surface area contributed by atoms with Gasteiger partial charge >= 0.3 is 0 Å². The minimum Gasteiger partial charge on any atom is -0.298 e. The van der Waals surface area contributed by atoms with Crippen LogP contribution in [0.1, 0.15) is 49.8 Å². The summed E-state index contributed by atoms with van der Waals surface area (Å²) in [6.07, 6.45) is 4.20. The van der Waals surface area contributed by atoms with Crippen molar-refractivity contribution in [3.05, 3.63) is 11.3 Å². The summed E-state index contributed by atoms with van der Waals surface area (Å²) in [5.74, 6) is -1.70. The highest BCUT2D eigenvalue weighted by molar-refractivity contribution is 7.98. The number of nitrogens with zero attached hydrogens (tertiary/aromatic N) is 2. The zero-order valence-electron chi connectivity index (χ0n) is 13.8. The minimum absolute atomic E-state index is 0.0456. The van der Waals surface area contributed by atoms with Gasteiger partial charge in [-0.2, -0.15) is 5.10 Å². The van der Waals surface area contributed by atoms with Gasteiger partial charge in [-0.1, -0.05) is 0 Å². The number of rotatable bonds is 5. The standard InChI is InChI=1S/C17H22N2O3S/c1-4-19-17(23-3)14(9(2)18-19)11-7-12(20)15(13(21)8-11)16(22)10-5-6-10/h10-11,15H,4-8H2,1-3H3. The molecule has 23 heavy (non-hydrogen) atoms. The van der Waals surface area contributed by atoms with E-state index in [0.717, 1.165) is 35.7 Å². The second-order valence-corrected chi connectivity index (χ2v) is 7.27. The molecule has 0 atom stereocenters.